The summed E-state index contributed by atoms with van der Waals surface area (Å²) in [6.07, 6.45) is 6.93. The van der Waals surface area contributed by atoms with Crippen molar-refractivity contribution >= 4 is 11.7 Å². The van der Waals surface area contributed by atoms with Crippen molar-refractivity contribution in [2.45, 2.75) is 64.8 Å². The standard InChI is InChI=1S/C17H24N2O2/c1-10-5-3-6-12(9-10)18-17(21)16-11(2)15-13(19-16)7-4-8-14(15)20/h10,12,19H,3-9H2,1-2H3,(H,18,21). The number of Topliss-reactive ketones (excluding diaryl/α,β-unsaturated/α-hetero) is 1. The monoisotopic (exact) mass is 288 g/mol. The highest BCUT2D eigenvalue weighted by atomic mass is 16.2. The van der Waals surface area contributed by atoms with Gasteiger partial charge in [-0.3, -0.25) is 9.59 Å². The summed E-state index contributed by atoms with van der Waals surface area (Å²) in [5, 5.41) is 3.15. The number of hydrogen-bond donors (Lipinski definition) is 2. The van der Waals surface area contributed by atoms with Gasteiger partial charge in [-0.15, -0.1) is 0 Å². The van der Waals surface area contributed by atoms with Crippen LogP contribution in [0.3, 0.4) is 0 Å². The predicted molar refractivity (Wildman–Crippen MR) is 81.7 cm³/mol. The molecule has 2 aliphatic carbocycles. The molecule has 0 bridgehead atoms. The summed E-state index contributed by atoms with van der Waals surface area (Å²) in [5.41, 5.74) is 3.14. The maximum atomic E-state index is 12.5. The van der Waals surface area contributed by atoms with Crippen LogP contribution in [0.1, 0.15) is 77.6 Å². The second-order valence-corrected chi connectivity index (χ2v) is 6.70. The van der Waals surface area contributed by atoms with Crippen molar-refractivity contribution in [3.63, 3.8) is 0 Å². The second kappa shape index (κ2) is 5.66. The van der Waals surface area contributed by atoms with Gasteiger partial charge in [0.25, 0.3) is 5.91 Å². The predicted octanol–water partition coefficient (Wildman–Crippen LogP) is 3.15. The molecule has 3 rings (SSSR count). The van der Waals surface area contributed by atoms with Crippen LogP contribution in [0.2, 0.25) is 0 Å². The van der Waals surface area contributed by atoms with Gasteiger partial charge in [-0.2, -0.15) is 0 Å². The lowest BCUT2D eigenvalue weighted by Crippen LogP contribution is -2.38. The van der Waals surface area contributed by atoms with Gasteiger partial charge in [0.1, 0.15) is 5.69 Å². The summed E-state index contributed by atoms with van der Waals surface area (Å²) >= 11 is 0. The summed E-state index contributed by atoms with van der Waals surface area (Å²) in [7, 11) is 0. The van der Waals surface area contributed by atoms with Gasteiger partial charge >= 0.3 is 0 Å². The highest BCUT2D eigenvalue weighted by Crippen LogP contribution is 2.27. The highest BCUT2D eigenvalue weighted by Gasteiger charge is 2.28. The van der Waals surface area contributed by atoms with Crippen molar-refractivity contribution in [3.05, 3.63) is 22.5 Å². The number of aryl methyl sites for hydroxylation is 1. The van der Waals surface area contributed by atoms with Crippen molar-refractivity contribution in [1.82, 2.24) is 10.3 Å². The van der Waals surface area contributed by atoms with Crippen LogP contribution in [0.4, 0.5) is 0 Å². The summed E-state index contributed by atoms with van der Waals surface area (Å²) in [5.74, 6) is 0.813. The molecule has 1 fully saturated rings. The van der Waals surface area contributed by atoms with Gasteiger partial charge in [-0.25, -0.2) is 0 Å². The quantitative estimate of drug-likeness (QED) is 0.878. The number of aromatic amines is 1. The van der Waals surface area contributed by atoms with Gasteiger partial charge in [-0.05, 0) is 44.1 Å². The third-order valence-corrected chi connectivity index (χ3v) is 4.94. The number of aromatic nitrogens is 1. The molecule has 1 amide bonds. The molecule has 2 aliphatic rings. The normalized spacial score (nSPS) is 25.5. The number of rotatable bonds is 2. The van der Waals surface area contributed by atoms with Crippen LogP contribution >= 0.6 is 0 Å². The van der Waals surface area contributed by atoms with Crippen molar-refractivity contribution in [3.8, 4) is 0 Å². The van der Waals surface area contributed by atoms with Crippen molar-refractivity contribution < 1.29 is 9.59 Å². The minimum atomic E-state index is -0.0474. The fourth-order valence-electron chi connectivity index (χ4n) is 3.82. The number of hydrogen-bond acceptors (Lipinski definition) is 2. The second-order valence-electron chi connectivity index (χ2n) is 6.70. The third kappa shape index (κ3) is 2.76. The van der Waals surface area contributed by atoms with Gasteiger partial charge < -0.3 is 10.3 Å². The maximum absolute atomic E-state index is 12.5. The Kier molecular flexibility index (Phi) is 3.87. The van der Waals surface area contributed by atoms with Gasteiger partial charge in [-0.1, -0.05) is 19.8 Å². The number of amides is 1. The molecule has 0 aliphatic heterocycles. The molecule has 4 heteroatoms. The molecule has 1 heterocycles. The van der Waals surface area contributed by atoms with E-state index in [9.17, 15) is 9.59 Å². The van der Waals surface area contributed by atoms with E-state index in [2.05, 4.69) is 17.2 Å². The van der Waals surface area contributed by atoms with E-state index in [0.717, 1.165) is 42.5 Å². The molecule has 0 saturated heterocycles. The van der Waals surface area contributed by atoms with E-state index >= 15 is 0 Å². The van der Waals surface area contributed by atoms with Crippen LogP contribution in [0, 0.1) is 12.8 Å². The van der Waals surface area contributed by atoms with E-state index in [1.165, 1.54) is 12.8 Å². The molecule has 0 radical (unpaired) electrons. The molecule has 4 nitrogen and oxygen atoms in total. The number of ketones is 1. The van der Waals surface area contributed by atoms with Crippen molar-refractivity contribution in [1.29, 1.82) is 0 Å². The largest absolute Gasteiger partial charge is 0.354 e. The summed E-state index contributed by atoms with van der Waals surface area (Å²) in [6.45, 7) is 4.13. The molecule has 0 aromatic carbocycles. The van der Waals surface area contributed by atoms with E-state index in [0.29, 0.717) is 18.0 Å². The summed E-state index contributed by atoms with van der Waals surface area (Å²) < 4.78 is 0. The smallest absolute Gasteiger partial charge is 0.268 e. The number of fused-ring (bicyclic) bond motifs is 1. The Balaban J connectivity index is 1.77. The van der Waals surface area contributed by atoms with Gasteiger partial charge in [0, 0.05) is 23.7 Å². The van der Waals surface area contributed by atoms with E-state index in [1.807, 2.05) is 6.92 Å². The fourth-order valence-corrected chi connectivity index (χ4v) is 3.82. The van der Waals surface area contributed by atoms with Crippen molar-refractivity contribution in [2.24, 2.45) is 5.92 Å². The van der Waals surface area contributed by atoms with Crippen LogP contribution in [0.15, 0.2) is 0 Å². The Morgan fingerprint density at radius 1 is 1.24 bits per heavy atom. The molecule has 114 valence electrons. The number of H-pyrrole nitrogens is 1. The Hall–Kier alpha value is -1.58. The van der Waals surface area contributed by atoms with E-state index in [-0.39, 0.29) is 17.7 Å². The fraction of sp³-hybridized carbons (Fsp3) is 0.647. The zero-order valence-corrected chi connectivity index (χ0v) is 12.9. The minimum Gasteiger partial charge on any atom is -0.354 e. The number of nitrogens with one attached hydrogen (secondary N) is 2. The average molecular weight is 288 g/mol. The molecule has 1 aromatic heterocycles. The first-order chi connectivity index (χ1) is 10.1. The van der Waals surface area contributed by atoms with Crippen LogP contribution in [-0.2, 0) is 6.42 Å². The zero-order chi connectivity index (χ0) is 15.0. The third-order valence-electron chi connectivity index (χ3n) is 4.94. The van der Waals surface area contributed by atoms with Gasteiger partial charge in [0.2, 0.25) is 0 Å². The molecular weight excluding hydrogens is 264 g/mol. The zero-order valence-electron chi connectivity index (χ0n) is 12.9. The van der Waals surface area contributed by atoms with Crippen molar-refractivity contribution in [2.75, 3.05) is 0 Å². The Bertz CT molecular complexity index is 574. The molecule has 2 unspecified atom stereocenters. The highest BCUT2D eigenvalue weighted by molar-refractivity contribution is 6.04. The minimum absolute atomic E-state index is 0.0474. The van der Waals surface area contributed by atoms with Crippen LogP contribution in [0.25, 0.3) is 0 Å². The average Bonchev–Trinajstić information content (AvgIpc) is 2.77. The van der Waals surface area contributed by atoms with Gasteiger partial charge in [0.15, 0.2) is 5.78 Å². The lowest BCUT2D eigenvalue weighted by Gasteiger charge is -2.27. The van der Waals surface area contributed by atoms with E-state index < -0.39 is 0 Å². The molecule has 1 aromatic rings. The first-order valence-electron chi connectivity index (χ1n) is 8.11. The number of carbonyl (C=O) groups excluding carboxylic acids is 2. The Labute approximate surface area is 125 Å². The van der Waals surface area contributed by atoms with Crippen LogP contribution in [-0.4, -0.2) is 22.7 Å². The molecule has 1 saturated carbocycles. The molecule has 2 N–H and O–H groups in total. The van der Waals surface area contributed by atoms with Crippen LogP contribution in [0.5, 0.6) is 0 Å². The lowest BCUT2D eigenvalue weighted by molar-refractivity contribution is 0.0915. The van der Waals surface area contributed by atoms with Crippen LogP contribution < -0.4 is 5.32 Å². The SMILES string of the molecule is Cc1c(C(=O)NC2CCCC(C)C2)[nH]c2c1C(=O)CCC2. The number of carbonyl (C=O) groups is 2. The Morgan fingerprint density at radius 2 is 2.05 bits per heavy atom. The van der Waals surface area contributed by atoms with E-state index in [4.69, 9.17) is 0 Å². The summed E-state index contributed by atoms with van der Waals surface area (Å²) in [4.78, 5) is 27.7. The first-order valence-corrected chi connectivity index (χ1v) is 8.11. The topological polar surface area (TPSA) is 62.0 Å². The molecular formula is C17H24N2O2. The molecule has 2 atom stereocenters. The van der Waals surface area contributed by atoms with E-state index in [1.54, 1.807) is 0 Å². The maximum Gasteiger partial charge on any atom is 0.268 e. The molecule has 21 heavy (non-hydrogen) atoms. The summed E-state index contributed by atoms with van der Waals surface area (Å²) in [6, 6.07) is 0.275. The lowest BCUT2D eigenvalue weighted by atomic mass is 9.87. The molecule has 0 spiro atoms. The Morgan fingerprint density at radius 3 is 2.76 bits per heavy atom. The first kappa shape index (κ1) is 14.4. The van der Waals surface area contributed by atoms with Gasteiger partial charge in [0.05, 0.1) is 0 Å².